The lowest BCUT2D eigenvalue weighted by atomic mass is 10.1. The first-order valence-corrected chi connectivity index (χ1v) is 9.19. The number of ketones is 1. The Bertz CT molecular complexity index is 988. The first kappa shape index (κ1) is 18.8. The van der Waals surface area contributed by atoms with Crippen molar-refractivity contribution in [2.24, 2.45) is 0 Å². The number of pyridine rings is 1. The van der Waals surface area contributed by atoms with Crippen molar-refractivity contribution in [1.82, 2.24) is 9.55 Å². The van der Waals surface area contributed by atoms with Crippen molar-refractivity contribution >= 4 is 22.7 Å². The summed E-state index contributed by atoms with van der Waals surface area (Å²) >= 11 is 0. The van der Waals surface area contributed by atoms with Gasteiger partial charge in [0.25, 0.3) is 0 Å². The molecular formula is C22H24N2O3. The van der Waals surface area contributed by atoms with E-state index in [1.165, 1.54) is 0 Å². The fraction of sp³-hybridized carbons (Fsp3) is 0.318. The minimum Gasteiger partial charge on any atom is -0.457 e. The average molecular weight is 364 g/mol. The van der Waals surface area contributed by atoms with E-state index < -0.39 is 0 Å². The molecule has 3 rings (SSSR count). The number of fused-ring (bicyclic) bond motifs is 1. The molecule has 140 valence electrons. The molecule has 0 saturated heterocycles. The number of benzene rings is 1. The second kappa shape index (κ2) is 8.16. The molecule has 3 aromatic rings. The number of aryl methyl sites for hydroxylation is 2. The van der Waals surface area contributed by atoms with Gasteiger partial charge in [-0.2, -0.15) is 0 Å². The molecule has 0 unspecified atom stereocenters. The van der Waals surface area contributed by atoms with Crippen molar-refractivity contribution in [1.29, 1.82) is 0 Å². The number of hydrogen-bond donors (Lipinski definition) is 0. The third-order valence-electron chi connectivity index (χ3n) is 4.80. The first-order valence-electron chi connectivity index (χ1n) is 9.19. The maximum atomic E-state index is 12.4. The van der Waals surface area contributed by atoms with E-state index in [1.54, 1.807) is 0 Å². The van der Waals surface area contributed by atoms with E-state index in [0.717, 1.165) is 34.5 Å². The summed E-state index contributed by atoms with van der Waals surface area (Å²) in [6, 6.07) is 13.6. The van der Waals surface area contributed by atoms with E-state index in [1.807, 2.05) is 63.2 Å². The molecule has 0 fully saturated rings. The highest BCUT2D eigenvalue weighted by Gasteiger charge is 2.16. The number of Topliss-reactive ketones (excluding diaryl/α,β-unsaturated/α-hetero) is 1. The van der Waals surface area contributed by atoms with Gasteiger partial charge >= 0.3 is 5.97 Å². The van der Waals surface area contributed by atoms with Crippen molar-refractivity contribution in [2.75, 3.05) is 6.61 Å². The zero-order valence-electron chi connectivity index (χ0n) is 16.0. The molecule has 0 bridgehead atoms. The predicted octanol–water partition coefficient (Wildman–Crippen LogP) is 4.03. The zero-order valence-corrected chi connectivity index (χ0v) is 16.0. The number of carbonyl (C=O) groups excluding carboxylic acids is 2. The van der Waals surface area contributed by atoms with Crippen LogP contribution in [0.3, 0.4) is 0 Å². The Hall–Kier alpha value is -2.95. The summed E-state index contributed by atoms with van der Waals surface area (Å²) in [4.78, 5) is 28.9. The summed E-state index contributed by atoms with van der Waals surface area (Å²) in [6.45, 7) is 6.50. The topological polar surface area (TPSA) is 61.2 Å². The van der Waals surface area contributed by atoms with Crippen LogP contribution in [0, 0.1) is 13.8 Å². The van der Waals surface area contributed by atoms with Crippen molar-refractivity contribution < 1.29 is 14.3 Å². The Morgan fingerprint density at radius 2 is 1.89 bits per heavy atom. The van der Waals surface area contributed by atoms with Crippen LogP contribution in [0.5, 0.6) is 0 Å². The molecule has 0 N–H and O–H groups in total. The highest BCUT2D eigenvalue weighted by Crippen LogP contribution is 2.16. The van der Waals surface area contributed by atoms with Crippen molar-refractivity contribution in [2.45, 2.75) is 40.2 Å². The summed E-state index contributed by atoms with van der Waals surface area (Å²) in [5.41, 5.74) is 4.31. The van der Waals surface area contributed by atoms with Crippen molar-refractivity contribution in [3.05, 3.63) is 65.1 Å². The van der Waals surface area contributed by atoms with Gasteiger partial charge in [0, 0.05) is 41.0 Å². The van der Waals surface area contributed by atoms with Gasteiger partial charge in [-0.05, 0) is 39.0 Å². The van der Waals surface area contributed by atoms with E-state index in [9.17, 15) is 9.59 Å². The Morgan fingerprint density at radius 3 is 2.63 bits per heavy atom. The Labute approximate surface area is 159 Å². The summed E-state index contributed by atoms with van der Waals surface area (Å²) in [7, 11) is 0. The maximum Gasteiger partial charge on any atom is 0.306 e. The number of ether oxygens (including phenoxy) is 1. The highest BCUT2D eigenvalue weighted by molar-refractivity contribution is 5.99. The first-order chi connectivity index (χ1) is 13.0. The number of aromatic nitrogens is 2. The molecule has 0 saturated carbocycles. The molecule has 0 spiro atoms. The van der Waals surface area contributed by atoms with Gasteiger partial charge in [0.1, 0.15) is 0 Å². The molecule has 5 nitrogen and oxygen atoms in total. The summed E-state index contributed by atoms with van der Waals surface area (Å²) < 4.78 is 7.25. The molecule has 2 heterocycles. The van der Waals surface area contributed by atoms with Gasteiger partial charge < -0.3 is 9.30 Å². The second-order valence-electron chi connectivity index (χ2n) is 6.61. The SMILES string of the molecule is CCn1c(C)cc(C(=O)COC(=O)CCc2ccc3ccccc3n2)c1C. The minimum absolute atomic E-state index is 0.167. The van der Waals surface area contributed by atoms with Crippen LogP contribution in [0.15, 0.2) is 42.5 Å². The van der Waals surface area contributed by atoms with Crippen LogP contribution in [0.25, 0.3) is 10.9 Å². The van der Waals surface area contributed by atoms with E-state index in [-0.39, 0.29) is 24.8 Å². The minimum atomic E-state index is -0.386. The zero-order chi connectivity index (χ0) is 19.4. The lowest BCUT2D eigenvalue weighted by Gasteiger charge is -2.07. The van der Waals surface area contributed by atoms with Gasteiger partial charge in [-0.15, -0.1) is 0 Å². The van der Waals surface area contributed by atoms with Crippen LogP contribution in [-0.2, 0) is 22.5 Å². The van der Waals surface area contributed by atoms with Gasteiger partial charge in [-0.25, -0.2) is 0 Å². The average Bonchev–Trinajstić information content (AvgIpc) is 2.97. The van der Waals surface area contributed by atoms with Gasteiger partial charge in [0.05, 0.1) is 11.9 Å². The van der Waals surface area contributed by atoms with E-state index >= 15 is 0 Å². The van der Waals surface area contributed by atoms with Crippen LogP contribution in [0.1, 0.15) is 40.8 Å². The van der Waals surface area contributed by atoms with Crippen molar-refractivity contribution in [3.8, 4) is 0 Å². The second-order valence-corrected chi connectivity index (χ2v) is 6.61. The molecule has 0 radical (unpaired) electrons. The normalized spacial score (nSPS) is 10.9. The van der Waals surface area contributed by atoms with Crippen LogP contribution in [0.2, 0.25) is 0 Å². The number of nitrogens with zero attached hydrogens (tertiary/aromatic N) is 2. The van der Waals surface area contributed by atoms with Gasteiger partial charge in [0.2, 0.25) is 5.78 Å². The predicted molar refractivity (Wildman–Crippen MR) is 105 cm³/mol. The molecular weight excluding hydrogens is 340 g/mol. The molecule has 5 heteroatoms. The Morgan fingerprint density at radius 1 is 1.11 bits per heavy atom. The maximum absolute atomic E-state index is 12.4. The molecule has 0 amide bonds. The fourth-order valence-electron chi connectivity index (χ4n) is 3.34. The lowest BCUT2D eigenvalue weighted by molar-refractivity contribution is -0.142. The standard InChI is InChI=1S/C22H24N2O3/c1-4-24-15(2)13-19(16(24)3)21(25)14-27-22(26)12-11-18-10-9-17-7-5-6-8-20(17)23-18/h5-10,13H,4,11-12,14H2,1-3H3. The Kier molecular flexibility index (Phi) is 5.69. The quantitative estimate of drug-likeness (QED) is 0.469. The van der Waals surface area contributed by atoms with Crippen LogP contribution < -0.4 is 0 Å². The lowest BCUT2D eigenvalue weighted by Crippen LogP contribution is -2.15. The van der Waals surface area contributed by atoms with Crippen molar-refractivity contribution in [3.63, 3.8) is 0 Å². The monoisotopic (exact) mass is 364 g/mol. The molecule has 0 atom stereocenters. The summed E-state index contributed by atoms with van der Waals surface area (Å²) in [6.07, 6.45) is 0.689. The molecule has 0 aliphatic rings. The Balaban J connectivity index is 1.54. The molecule has 0 aliphatic carbocycles. The molecule has 2 aromatic heterocycles. The smallest absolute Gasteiger partial charge is 0.306 e. The van der Waals surface area contributed by atoms with E-state index in [2.05, 4.69) is 9.55 Å². The highest BCUT2D eigenvalue weighted by atomic mass is 16.5. The van der Waals surface area contributed by atoms with Crippen LogP contribution in [-0.4, -0.2) is 27.9 Å². The van der Waals surface area contributed by atoms with Gasteiger partial charge in [0.15, 0.2) is 6.61 Å². The molecule has 1 aromatic carbocycles. The molecule has 0 aliphatic heterocycles. The third kappa shape index (κ3) is 4.25. The fourth-order valence-corrected chi connectivity index (χ4v) is 3.34. The van der Waals surface area contributed by atoms with Crippen LogP contribution in [0.4, 0.5) is 0 Å². The number of esters is 1. The molecule has 27 heavy (non-hydrogen) atoms. The number of para-hydroxylation sites is 1. The summed E-state index contributed by atoms with van der Waals surface area (Å²) in [5, 5.41) is 1.07. The third-order valence-corrected chi connectivity index (χ3v) is 4.80. The van der Waals surface area contributed by atoms with Gasteiger partial charge in [-0.1, -0.05) is 24.3 Å². The summed E-state index contributed by atoms with van der Waals surface area (Å²) in [5.74, 6) is -0.553. The number of rotatable bonds is 7. The number of carbonyl (C=O) groups is 2. The number of hydrogen-bond acceptors (Lipinski definition) is 4. The largest absolute Gasteiger partial charge is 0.457 e. The van der Waals surface area contributed by atoms with Crippen LogP contribution >= 0.6 is 0 Å². The van der Waals surface area contributed by atoms with E-state index in [4.69, 9.17) is 4.74 Å². The van der Waals surface area contributed by atoms with E-state index in [0.29, 0.717) is 12.0 Å². The van der Waals surface area contributed by atoms with Gasteiger partial charge in [-0.3, -0.25) is 14.6 Å².